The molecule has 0 unspecified atom stereocenters. The number of hydrogen-bond acceptors (Lipinski definition) is 7. The molecule has 4 rings (SSSR count). The Hall–Kier alpha value is -1.84. The maximum Gasteiger partial charge on any atom is 0.240 e. The molecule has 0 atom stereocenters. The van der Waals surface area contributed by atoms with Gasteiger partial charge in [0.05, 0.1) is 12.2 Å². The van der Waals surface area contributed by atoms with Gasteiger partial charge in [-0.2, -0.15) is 0 Å². The van der Waals surface area contributed by atoms with Crippen molar-refractivity contribution in [2.75, 3.05) is 23.7 Å². The number of carbonyl (C=O) groups is 2. The van der Waals surface area contributed by atoms with Crippen molar-refractivity contribution in [1.29, 1.82) is 0 Å². The molecule has 3 heterocycles. The SMILES string of the molecule is O=C(CN1CCc2nc(NC(=O)C3CCC3)sc2C1)Nc1nccs1. The summed E-state index contributed by atoms with van der Waals surface area (Å²) in [5, 5.41) is 8.91. The van der Waals surface area contributed by atoms with Crippen LogP contribution >= 0.6 is 22.7 Å². The summed E-state index contributed by atoms with van der Waals surface area (Å²) in [6.45, 7) is 1.82. The molecule has 1 saturated carbocycles. The van der Waals surface area contributed by atoms with E-state index in [-0.39, 0.29) is 17.7 Å². The highest BCUT2D eigenvalue weighted by Crippen LogP contribution is 2.31. The Morgan fingerprint density at radius 1 is 1.28 bits per heavy atom. The number of hydrogen-bond donors (Lipinski definition) is 2. The number of amides is 2. The third-order valence-electron chi connectivity index (χ3n) is 4.56. The summed E-state index contributed by atoms with van der Waals surface area (Å²) in [5.74, 6) is 0.199. The number of nitrogens with zero attached hydrogens (tertiary/aromatic N) is 3. The minimum absolute atomic E-state index is 0.0542. The lowest BCUT2D eigenvalue weighted by molar-refractivity contribution is -0.122. The van der Waals surface area contributed by atoms with E-state index in [1.165, 1.54) is 22.7 Å². The van der Waals surface area contributed by atoms with Gasteiger partial charge in [-0.25, -0.2) is 9.97 Å². The van der Waals surface area contributed by atoms with Gasteiger partial charge in [-0.3, -0.25) is 14.5 Å². The minimum Gasteiger partial charge on any atom is -0.302 e. The molecule has 132 valence electrons. The largest absolute Gasteiger partial charge is 0.302 e. The molecular formula is C16H19N5O2S2. The Morgan fingerprint density at radius 3 is 2.88 bits per heavy atom. The highest BCUT2D eigenvalue weighted by Gasteiger charge is 2.27. The number of thiazole rings is 2. The molecule has 2 amide bonds. The lowest BCUT2D eigenvalue weighted by atomic mass is 9.85. The van der Waals surface area contributed by atoms with Crippen molar-refractivity contribution in [2.24, 2.45) is 5.92 Å². The molecule has 1 fully saturated rings. The lowest BCUT2D eigenvalue weighted by Crippen LogP contribution is -2.36. The molecular weight excluding hydrogens is 358 g/mol. The molecule has 2 aromatic rings. The second-order valence-electron chi connectivity index (χ2n) is 6.35. The van der Waals surface area contributed by atoms with Crippen LogP contribution in [0, 0.1) is 5.92 Å². The van der Waals surface area contributed by atoms with E-state index in [9.17, 15) is 9.59 Å². The predicted octanol–water partition coefficient (Wildman–Crippen LogP) is 2.33. The molecule has 0 aromatic carbocycles. The standard InChI is InChI=1S/C16H19N5O2S2/c22-13(19-15-17-5-7-24-15)9-21-6-4-11-12(8-21)25-16(18-11)20-14(23)10-2-1-3-10/h5,7,10H,1-4,6,8-9H2,(H,17,19,22)(H,18,20,23). The van der Waals surface area contributed by atoms with Gasteiger partial charge in [0.2, 0.25) is 11.8 Å². The highest BCUT2D eigenvalue weighted by molar-refractivity contribution is 7.15. The Balaban J connectivity index is 1.33. The van der Waals surface area contributed by atoms with Gasteiger partial charge in [-0.05, 0) is 12.8 Å². The van der Waals surface area contributed by atoms with E-state index < -0.39 is 0 Å². The van der Waals surface area contributed by atoms with Crippen molar-refractivity contribution in [3.63, 3.8) is 0 Å². The van der Waals surface area contributed by atoms with Crippen LogP contribution in [0.25, 0.3) is 0 Å². The number of anilines is 2. The molecule has 1 aliphatic heterocycles. The summed E-state index contributed by atoms with van der Waals surface area (Å²) in [4.78, 5) is 36.0. The van der Waals surface area contributed by atoms with E-state index in [0.717, 1.165) is 42.8 Å². The van der Waals surface area contributed by atoms with Crippen molar-refractivity contribution in [2.45, 2.75) is 32.2 Å². The number of rotatable bonds is 5. The average molecular weight is 377 g/mol. The van der Waals surface area contributed by atoms with Crippen LogP contribution in [0.4, 0.5) is 10.3 Å². The number of aromatic nitrogens is 2. The molecule has 0 saturated heterocycles. The van der Waals surface area contributed by atoms with Crippen molar-refractivity contribution in [3.05, 3.63) is 22.1 Å². The van der Waals surface area contributed by atoms with Crippen LogP contribution in [-0.4, -0.2) is 39.8 Å². The molecule has 2 aliphatic rings. The molecule has 2 N–H and O–H groups in total. The summed E-state index contributed by atoms with van der Waals surface area (Å²) in [5.41, 5.74) is 1.05. The lowest BCUT2D eigenvalue weighted by Gasteiger charge is -2.24. The number of fused-ring (bicyclic) bond motifs is 1. The first-order valence-corrected chi connectivity index (χ1v) is 10.1. The predicted molar refractivity (Wildman–Crippen MR) is 97.8 cm³/mol. The van der Waals surface area contributed by atoms with Crippen molar-refractivity contribution in [1.82, 2.24) is 14.9 Å². The Labute approximate surface area is 153 Å². The Bertz CT molecular complexity index is 770. The van der Waals surface area contributed by atoms with Crippen molar-refractivity contribution in [3.8, 4) is 0 Å². The maximum absolute atomic E-state index is 12.1. The summed E-state index contributed by atoms with van der Waals surface area (Å²) < 4.78 is 0. The number of nitrogens with one attached hydrogen (secondary N) is 2. The number of carbonyl (C=O) groups excluding carboxylic acids is 2. The van der Waals surface area contributed by atoms with Crippen molar-refractivity contribution < 1.29 is 9.59 Å². The first-order valence-electron chi connectivity index (χ1n) is 8.38. The van der Waals surface area contributed by atoms with E-state index >= 15 is 0 Å². The molecule has 7 nitrogen and oxygen atoms in total. The van der Waals surface area contributed by atoms with Gasteiger partial charge >= 0.3 is 0 Å². The topological polar surface area (TPSA) is 87.2 Å². The van der Waals surface area contributed by atoms with Gasteiger partial charge in [-0.1, -0.05) is 6.42 Å². The maximum atomic E-state index is 12.1. The van der Waals surface area contributed by atoms with Crippen LogP contribution in [0.5, 0.6) is 0 Å². The molecule has 25 heavy (non-hydrogen) atoms. The van der Waals surface area contributed by atoms with Crippen LogP contribution in [0.3, 0.4) is 0 Å². The molecule has 1 aliphatic carbocycles. The smallest absolute Gasteiger partial charge is 0.240 e. The van der Waals surface area contributed by atoms with Gasteiger partial charge in [0.1, 0.15) is 0 Å². The fourth-order valence-electron chi connectivity index (χ4n) is 2.96. The molecule has 0 bridgehead atoms. The van der Waals surface area contributed by atoms with E-state index in [2.05, 4.69) is 25.5 Å². The zero-order chi connectivity index (χ0) is 17.2. The molecule has 2 aromatic heterocycles. The van der Waals surface area contributed by atoms with Gasteiger partial charge in [0.15, 0.2) is 10.3 Å². The van der Waals surface area contributed by atoms with E-state index in [1.807, 2.05) is 5.38 Å². The zero-order valence-corrected chi connectivity index (χ0v) is 15.3. The fraction of sp³-hybridized carbons (Fsp3) is 0.500. The van der Waals surface area contributed by atoms with E-state index in [4.69, 9.17) is 0 Å². The minimum atomic E-state index is -0.0542. The van der Waals surface area contributed by atoms with Gasteiger partial charge < -0.3 is 10.6 Å². The third kappa shape index (κ3) is 3.88. The summed E-state index contributed by atoms with van der Waals surface area (Å²) in [6.07, 6.45) is 5.59. The third-order valence-corrected chi connectivity index (χ3v) is 6.25. The second kappa shape index (κ2) is 7.19. The second-order valence-corrected chi connectivity index (χ2v) is 8.33. The molecule has 0 spiro atoms. The highest BCUT2D eigenvalue weighted by atomic mass is 32.1. The van der Waals surface area contributed by atoms with Crippen LogP contribution in [0.2, 0.25) is 0 Å². The normalized spacial score (nSPS) is 17.6. The van der Waals surface area contributed by atoms with Gasteiger partial charge in [0.25, 0.3) is 0 Å². The van der Waals surface area contributed by atoms with E-state index in [0.29, 0.717) is 23.4 Å². The van der Waals surface area contributed by atoms with Crippen LogP contribution in [0.1, 0.15) is 29.8 Å². The molecule has 0 radical (unpaired) electrons. The van der Waals surface area contributed by atoms with Crippen LogP contribution in [0.15, 0.2) is 11.6 Å². The van der Waals surface area contributed by atoms with Gasteiger partial charge in [-0.15, -0.1) is 22.7 Å². The fourth-order valence-corrected chi connectivity index (χ4v) is 4.56. The Morgan fingerprint density at radius 2 is 2.16 bits per heavy atom. The van der Waals surface area contributed by atoms with E-state index in [1.54, 1.807) is 6.20 Å². The quantitative estimate of drug-likeness (QED) is 0.835. The summed E-state index contributed by atoms with van der Waals surface area (Å²) in [6, 6.07) is 0. The first kappa shape index (κ1) is 16.6. The first-order chi connectivity index (χ1) is 12.2. The average Bonchev–Trinajstić information content (AvgIpc) is 3.13. The summed E-state index contributed by atoms with van der Waals surface area (Å²) >= 11 is 2.94. The Kier molecular flexibility index (Phi) is 4.78. The van der Waals surface area contributed by atoms with Crippen LogP contribution in [-0.2, 0) is 22.6 Å². The monoisotopic (exact) mass is 377 g/mol. The molecule has 9 heteroatoms. The van der Waals surface area contributed by atoms with Crippen LogP contribution < -0.4 is 10.6 Å². The van der Waals surface area contributed by atoms with Crippen molar-refractivity contribution >= 4 is 44.8 Å². The zero-order valence-electron chi connectivity index (χ0n) is 13.7. The summed E-state index contributed by atoms with van der Waals surface area (Å²) in [7, 11) is 0. The van der Waals surface area contributed by atoms with Gasteiger partial charge in [0, 0.05) is 41.9 Å².